The van der Waals surface area contributed by atoms with Crippen LogP contribution in [0.25, 0.3) is 62.8 Å². The fourth-order valence-corrected chi connectivity index (χ4v) is 8.52. The van der Waals surface area contributed by atoms with Gasteiger partial charge in [-0.15, -0.1) is 0 Å². The molecule has 13 rings (SSSR count). The number of rotatable bonds is 15. The molecule has 416 valence electrons. The Hall–Kier alpha value is -11.1. The normalized spacial score (nSPS) is 11.5. The van der Waals surface area contributed by atoms with Crippen molar-refractivity contribution in [2.75, 3.05) is 18.1 Å². The number of nitrogens with zero attached hydrogens (tertiary/aromatic N) is 16. The minimum Gasteiger partial charge on any atom is -0.444 e. The summed E-state index contributed by atoms with van der Waals surface area (Å²) in [4.78, 5) is 29.2. The van der Waals surface area contributed by atoms with Crippen LogP contribution in [-0.4, -0.2) is 102 Å². The minimum absolute atomic E-state index is 0.0801. The number of hydrogen-bond donors (Lipinski definition) is 4. The van der Waals surface area contributed by atoms with Crippen LogP contribution in [0, 0.1) is 23.3 Å². The maximum atomic E-state index is 14.3. The number of halogens is 4. The first-order chi connectivity index (χ1) is 40.4. The number of benzene rings is 3. The van der Waals surface area contributed by atoms with Crippen LogP contribution in [0.2, 0.25) is 0 Å². The zero-order valence-corrected chi connectivity index (χ0v) is 43.1. The Morgan fingerprint density at radius 1 is 0.530 bits per heavy atom. The predicted molar refractivity (Wildman–Crippen MR) is 289 cm³/mol. The molecular formula is C56H44F4N18O5. The molecule has 1 unspecified atom stereocenters. The lowest BCUT2D eigenvalue weighted by Gasteiger charge is -2.09. The molecule has 0 radical (unpaired) electrons. The van der Waals surface area contributed by atoms with E-state index in [1.54, 1.807) is 115 Å². The maximum Gasteiger partial charge on any atom is 0.252 e. The Morgan fingerprint density at radius 2 is 1.05 bits per heavy atom. The quantitative estimate of drug-likeness (QED) is 0.0713. The Labute approximate surface area is 465 Å². The predicted octanol–water partition coefficient (Wildman–Crippen LogP) is 7.75. The number of hydrogen-bond acceptors (Lipinski definition) is 19. The molecular weight excluding hydrogens is 1080 g/mol. The highest BCUT2D eigenvalue weighted by Gasteiger charge is 2.22. The molecule has 1 atom stereocenters. The summed E-state index contributed by atoms with van der Waals surface area (Å²) in [6, 6.07) is 26.3. The van der Waals surface area contributed by atoms with Crippen LogP contribution < -0.4 is 11.5 Å². The zero-order valence-electron chi connectivity index (χ0n) is 43.1. The molecule has 0 fully saturated rings. The van der Waals surface area contributed by atoms with Crippen molar-refractivity contribution in [2.24, 2.45) is 0 Å². The van der Waals surface area contributed by atoms with Crippen molar-refractivity contribution in [3.63, 3.8) is 0 Å². The van der Waals surface area contributed by atoms with Gasteiger partial charge in [-0.1, -0.05) is 64.9 Å². The highest BCUT2D eigenvalue weighted by Crippen LogP contribution is 2.29. The molecule has 0 aliphatic heterocycles. The number of aliphatic hydroxyl groups is 2. The van der Waals surface area contributed by atoms with Crippen LogP contribution in [0.15, 0.2) is 179 Å². The van der Waals surface area contributed by atoms with E-state index in [0.717, 1.165) is 11.6 Å². The second-order valence-corrected chi connectivity index (χ2v) is 18.2. The van der Waals surface area contributed by atoms with Gasteiger partial charge in [0.2, 0.25) is 5.89 Å². The van der Waals surface area contributed by atoms with Crippen molar-refractivity contribution in [1.82, 2.24) is 79.1 Å². The van der Waals surface area contributed by atoms with Gasteiger partial charge in [0.25, 0.3) is 17.8 Å². The summed E-state index contributed by atoms with van der Waals surface area (Å²) in [5.74, 6) is -0.602. The minimum atomic E-state index is -0.903. The number of anilines is 2. The third-order valence-electron chi connectivity index (χ3n) is 12.6. The molecule has 0 aliphatic carbocycles. The van der Waals surface area contributed by atoms with E-state index >= 15 is 0 Å². The van der Waals surface area contributed by atoms with Crippen LogP contribution in [0.4, 0.5) is 29.2 Å². The number of nitrogens with two attached hydrogens (primary N) is 2. The molecule has 10 heterocycles. The SMILES string of the molecule is Nc1ccnc(-n2cc(-c3ccon3)c(Cc3ccccc3F)n2)n1.Nc1nc(-n2cc(-c3ncco3)c(Cc3ccccc3F)n2)ncc1F.OCC(O)Cn1ccc2cnc(-n3cc(-c4ccon4)c(Cc4ccccc4F)n3)nc21. The number of aliphatic hydroxyl groups excluding tert-OH is 2. The smallest absolute Gasteiger partial charge is 0.252 e. The Kier molecular flexibility index (Phi) is 15.7. The van der Waals surface area contributed by atoms with Crippen LogP contribution in [0.3, 0.4) is 0 Å². The molecule has 0 aliphatic rings. The van der Waals surface area contributed by atoms with Gasteiger partial charge in [-0.3, -0.25) is 0 Å². The van der Waals surface area contributed by atoms with Crippen molar-refractivity contribution in [3.8, 4) is 51.8 Å². The summed E-state index contributed by atoms with van der Waals surface area (Å²) in [6.07, 6.45) is 16.7. The lowest BCUT2D eigenvalue weighted by atomic mass is 10.1. The van der Waals surface area contributed by atoms with E-state index in [2.05, 4.69) is 60.5 Å². The molecule has 0 amide bonds. The van der Waals surface area contributed by atoms with E-state index in [9.17, 15) is 22.7 Å². The number of aromatic nitrogens is 16. The second-order valence-electron chi connectivity index (χ2n) is 18.2. The molecule has 0 saturated carbocycles. The highest BCUT2D eigenvalue weighted by atomic mass is 19.1. The second kappa shape index (κ2) is 24.1. The largest absolute Gasteiger partial charge is 0.444 e. The standard InChI is InChI=1S/C22H19FN6O3.C17H12F2N6O.C17H13FN6O/c23-18-4-2-1-3-14(18)9-20-17(19-6-8-32-27-19)12-29(26-20)22-24-10-15-5-7-28(21(15)25-22)11-16(31)13-30;18-12-4-2-1-3-10(12)7-14-11(16-21-5-6-26-16)9-25(24-14)17-22-8-13(19)15(20)23-17;18-13-4-2-1-3-11(13)9-15-12(14-6-8-25-23-14)10-24(22-15)17-20-7-5-16(19)21-17/h1-8,10,12,16,30-31H,9,11,13H2;1-6,8-9H,7H2,(H2,20,22,23);1-8,10H,9H2,(H2,19,20,21). The molecule has 10 aromatic heterocycles. The Balaban J connectivity index is 0.000000132. The van der Waals surface area contributed by atoms with Gasteiger partial charge >= 0.3 is 0 Å². The third kappa shape index (κ3) is 12.2. The number of fused-ring (bicyclic) bond motifs is 1. The van der Waals surface area contributed by atoms with Crippen molar-refractivity contribution in [1.29, 1.82) is 0 Å². The fourth-order valence-electron chi connectivity index (χ4n) is 8.52. The van der Waals surface area contributed by atoms with Crippen LogP contribution in [0.1, 0.15) is 33.8 Å². The summed E-state index contributed by atoms with van der Waals surface area (Å²) in [7, 11) is 0. The topological polar surface area (TPSA) is 306 Å². The van der Waals surface area contributed by atoms with E-state index in [1.807, 2.05) is 6.07 Å². The van der Waals surface area contributed by atoms with Crippen molar-refractivity contribution >= 4 is 22.7 Å². The van der Waals surface area contributed by atoms with Gasteiger partial charge in [0.1, 0.15) is 59.1 Å². The number of nitrogen functional groups attached to an aromatic ring is 2. The fraction of sp³-hybridized carbons (Fsp3) is 0.107. The summed E-state index contributed by atoms with van der Waals surface area (Å²) in [5, 5.41) is 41.2. The van der Waals surface area contributed by atoms with Crippen molar-refractivity contribution in [3.05, 3.63) is 222 Å². The molecule has 27 heteroatoms. The molecule has 13 aromatic rings. The first kappa shape index (κ1) is 53.9. The van der Waals surface area contributed by atoms with E-state index in [1.165, 1.54) is 57.2 Å². The van der Waals surface area contributed by atoms with E-state index < -0.39 is 11.9 Å². The van der Waals surface area contributed by atoms with Crippen molar-refractivity contribution < 1.29 is 41.2 Å². The van der Waals surface area contributed by atoms with Crippen LogP contribution in [0.5, 0.6) is 0 Å². The van der Waals surface area contributed by atoms with Gasteiger partial charge in [-0.05, 0) is 47.0 Å². The molecule has 0 spiro atoms. The first-order valence-corrected chi connectivity index (χ1v) is 25.1. The number of oxazole rings is 1. The monoisotopic (exact) mass is 1120 g/mol. The highest BCUT2D eigenvalue weighted by molar-refractivity contribution is 5.75. The average molecular weight is 1130 g/mol. The molecule has 83 heavy (non-hydrogen) atoms. The van der Waals surface area contributed by atoms with Gasteiger partial charge in [-0.2, -0.15) is 30.2 Å². The zero-order chi connectivity index (χ0) is 57.4. The third-order valence-corrected chi connectivity index (χ3v) is 12.6. The lowest BCUT2D eigenvalue weighted by Crippen LogP contribution is -2.19. The summed E-state index contributed by atoms with van der Waals surface area (Å²) >= 11 is 0. The van der Waals surface area contributed by atoms with Gasteiger partial charge in [0.05, 0.1) is 54.3 Å². The van der Waals surface area contributed by atoms with E-state index in [0.29, 0.717) is 97.5 Å². The maximum absolute atomic E-state index is 14.3. The van der Waals surface area contributed by atoms with Gasteiger partial charge in [0.15, 0.2) is 11.6 Å². The van der Waals surface area contributed by atoms with Crippen LogP contribution >= 0.6 is 0 Å². The Bertz CT molecular complexity index is 4300. The molecule has 0 saturated heterocycles. The van der Waals surface area contributed by atoms with Gasteiger partial charge in [-0.25, -0.2) is 51.5 Å². The van der Waals surface area contributed by atoms with E-state index in [4.69, 9.17) is 30.0 Å². The summed E-state index contributed by atoms with van der Waals surface area (Å²) in [5.41, 5.74) is 18.1. The first-order valence-electron chi connectivity index (χ1n) is 25.1. The van der Waals surface area contributed by atoms with Crippen molar-refractivity contribution in [2.45, 2.75) is 31.9 Å². The van der Waals surface area contributed by atoms with Gasteiger partial charge in [0, 0.05) is 85.1 Å². The lowest BCUT2D eigenvalue weighted by molar-refractivity contribution is 0.0821. The van der Waals surface area contributed by atoms with Crippen LogP contribution in [-0.2, 0) is 25.8 Å². The van der Waals surface area contributed by atoms with Gasteiger partial charge < -0.3 is 39.7 Å². The average Bonchev–Trinajstić information content (AvgIpc) is 4.38. The molecule has 0 bridgehead atoms. The molecule has 23 nitrogen and oxygen atoms in total. The Morgan fingerprint density at radius 3 is 1.54 bits per heavy atom. The molecule has 3 aromatic carbocycles. The summed E-state index contributed by atoms with van der Waals surface area (Å²) < 4.78 is 76.9. The molecule has 6 N–H and O–H groups in total. The summed E-state index contributed by atoms with van der Waals surface area (Å²) in [6.45, 7) is -0.157. The van der Waals surface area contributed by atoms with E-state index in [-0.39, 0.29) is 55.2 Å².